The van der Waals surface area contributed by atoms with Gasteiger partial charge in [-0.05, 0) is 29.7 Å². The molecule has 0 aliphatic carbocycles. The van der Waals surface area contributed by atoms with Crippen LogP contribution in [0.4, 0.5) is 0 Å². The highest BCUT2D eigenvalue weighted by atomic mass is 32.2. The van der Waals surface area contributed by atoms with Crippen LogP contribution in [0.1, 0.15) is 16.7 Å². The lowest BCUT2D eigenvalue weighted by molar-refractivity contribution is -0.145. The SMILES string of the molecule is Cc1ccccc1/C=C1\SC(=S)N([C@H](Cc2ccccc2)C(=O)O)C1=O. The second-order valence-electron chi connectivity index (χ2n) is 5.95. The summed E-state index contributed by atoms with van der Waals surface area (Å²) in [5.41, 5.74) is 2.80. The molecule has 1 saturated heterocycles. The van der Waals surface area contributed by atoms with Crippen LogP contribution >= 0.6 is 24.0 Å². The average molecular weight is 383 g/mol. The molecule has 4 nitrogen and oxygen atoms in total. The zero-order valence-electron chi connectivity index (χ0n) is 14.1. The predicted octanol–water partition coefficient (Wildman–Crippen LogP) is 3.89. The van der Waals surface area contributed by atoms with Crippen molar-refractivity contribution in [3.8, 4) is 0 Å². The van der Waals surface area contributed by atoms with Crippen molar-refractivity contribution in [1.29, 1.82) is 0 Å². The third-order valence-electron chi connectivity index (χ3n) is 4.17. The van der Waals surface area contributed by atoms with E-state index in [1.54, 1.807) is 6.08 Å². The summed E-state index contributed by atoms with van der Waals surface area (Å²) >= 11 is 6.47. The van der Waals surface area contributed by atoms with Gasteiger partial charge in [0.15, 0.2) is 0 Å². The number of hydrogen-bond donors (Lipinski definition) is 1. The lowest BCUT2D eigenvalue weighted by Gasteiger charge is -2.23. The monoisotopic (exact) mass is 383 g/mol. The van der Waals surface area contributed by atoms with Crippen LogP contribution in [-0.4, -0.2) is 32.2 Å². The van der Waals surface area contributed by atoms with E-state index in [-0.39, 0.29) is 16.6 Å². The third-order valence-corrected chi connectivity index (χ3v) is 5.50. The Kier molecular flexibility index (Phi) is 5.54. The molecule has 1 heterocycles. The molecule has 0 saturated carbocycles. The largest absolute Gasteiger partial charge is 0.480 e. The van der Waals surface area contributed by atoms with Crippen LogP contribution in [-0.2, 0) is 16.0 Å². The third kappa shape index (κ3) is 3.86. The topological polar surface area (TPSA) is 57.6 Å². The van der Waals surface area contributed by atoms with Gasteiger partial charge in [-0.2, -0.15) is 0 Å². The molecule has 1 aliphatic rings. The van der Waals surface area contributed by atoms with Gasteiger partial charge < -0.3 is 5.11 Å². The number of rotatable bonds is 5. The number of aliphatic carboxylic acids is 1. The van der Waals surface area contributed by atoms with E-state index in [1.165, 1.54) is 4.90 Å². The smallest absolute Gasteiger partial charge is 0.327 e. The molecule has 1 aliphatic heterocycles. The number of aryl methyl sites for hydroxylation is 1. The molecule has 0 unspecified atom stereocenters. The first-order valence-corrected chi connectivity index (χ1v) is 9.29. The normalized spacial score (nSPS) is 17.0. The molecular weight excluding hydrogens is 366 g/mol. The quantitative estimate of drug-likeness (QED) is 0.627. The van der Waals surface area contributed by atoms with Crippen molar-refractivity contribution < 1.29 is 14.7 Å². The summed E-state index contributed by atoms with van der Waals surface area (Å²) in [6.07, 6.45) is 1.98. The fraction of sp³-hybridized carbons (Fsp3) is 0.150. The summed E-state index contributed by atoms with van der Waals surface area (Å²) in [5, 5.41) is 9.67. The number of carboxylic acids is 1. The van der Waals surface area contributed by atoms with E-state index in [2.05, 4.69) is 0 Å². The Bertz CT molecular complexity index is 893. The Morgan fingerprint density at radius 1 is 1.19 bits per heavy atom. The van der Waals surface area contributed by atoms with Crippen molar-refractivity contribution in [1.82, 2.24) is 4.90 Å². The number of benzene rings is 2. The van der Waals surface area contributed by atoms with Crippen molar-refractivity contribution in [3.63, 3.8) is 0 Å². The molecule has 0 radical (unpaired) electrons. The van der Waals surface area contributed by atoms with E-state index in [9.17, 15) is 14.7 Å². The Hall–Kier alpha value is -2.44. The van der Waals surface area contributed by atoms with Crippen LogP contribution in [0.3, 0.4) is 0 Å². The van der Waals surface area contributed by atoms with E-state index in [1.807, 2.05) is 61.5 Å². The Labute approximate surface area is 161 Å². The molecule has 0 aromatic heterocycles. The highest BCUT2D eigenvalue weighted by Crippen LogP contribution is 2.35. The first-order chi connectivity index (χ1) is 12.5. The van der Waals surface area contributed by atoms with Crippen LogP contribution < -0.4 is 0 Å². The van der Waals surface area contributed by atoms with Crippen LogP contribution in [0.15, 0.2) is 59.5 Å². The fourth-order valence-corrected chi connectivity index (χ4v) is 4.11. The number of hydrogen-bond acceptors (Lipinski definition) is 4. The molecule has 26 heavy (non-hydrogen) atoms. The summed E-state index contributed by atoms with van der Waals surface area (Å²) in [5.74, 6) is -1.42. The molecule has 132 valence electrons. The molecule has 1 N–H and O–H groups in total. The van der Waals surface area contributed by atoms with Crippen LogP contribution in [0.25, 0.3) is 6.08 Å². The van der Waals surface area contributed by atoms with Gasteiger partial charge in [-0.25, -0.2) is 4.79 Å². The van der Waals surface area contributed by atoms with Crippen molar-refractivity contribution in [2.24, 2.45) is 0 Å². The molecule has 2 aromatic rings. The lowest BCUT2D eigenvalue weighted by Crippen LogP contribution is -2.45. The molecule has 1 atom stereocenters. The zero-order valence-corrected chi connectivity index (χ0v) is 15.7. The molecule has 6 heteroatoms. The maximum atomic E-state index is 12.9. The van der Waals surface area contributed by atoms with Gasteiger partial charge in [-0.15, -0.1) is 0 Å². The van der Waals surface area contributed by atoms with Gasteiger partial charge in [0.1, 0.15) is 10.4 Å². The number of amides is 1. The number of carbonyl (C=O) groups is 2. The lowest BCUT2D eigenvalue weighted by atomic mass is 10.0. The minimum Gasteiger partial charge on any atom is -0.480 e. The van der Waals surface area contributed by atoms with Gasteiger partial charge >= 0.3 is 5.97 Å². The Balaban J connectivity index is 1.89. The van der Waals surface area contributed by atoms with Gasteiger partial charge in [0.05, 0.1) is 4.91 Å². The van der Waals surface area contributed by atoms with E-state index >= 15 is 0 Å². The minimum atomic E-state index is -1.07. The molecule has 2 aromatic carbocycles. The standard InChI is InChI=1S/C20H17NO3S2/c1-13-7-5-6-10-15(13)12-17-18(22)21(20(25)26-17)16(19(23)24)11-14-8-3-2-4-9-14/h2-10,12,16H,11H2,1H3,(H,23,24)/b17-12-/t16-/m1/s1. The van der Waals surface area contributed by atoms with Gasteiger partial charge in [0, 0.05) is 6.42 Å². The Morgan fingerprint density at radius 3 is 2.50 bits per heavy atom. The second kappa shape index (κ2) is 7.85. The first-order valence-electron chi connectivity index (χ1n) is 8.07. The van der Waals surface area contributed by atoms with Gasteiger partial charge in [-0.3, -0.25) is 9.69 Å². The molecule has 3 rings (SSSR count). The summed E-state index contributed by atoms with van der Waals surface area (Å²) in [6, 6.07) is 15.9. The first kappa shape index (κ1) is 18.4. The maximum absolute atomic E-state index is 12.9. The Morgan fingerprint density at radius 2 is 1.85 bits per heavy atom. The van der Waals surface area contributed by atoms with E-state index < -0.39 is 12.0 Å². The number of thiocarbonyl (C=S) groups is 1. The molecular formula is C20H17NO3S2. The molecule has 1 fully saturated rings. The van der Waals surface area contributed by atoms with Gasteiger partial charge in [-0.1, -0.05) is 78.6 Å². The summed E-state index contributed by atoms with van der Waals surface area (Å²) < 4.78 is 0.276. The minimum absolute atomic E-state index is 0.209. The average Bonchev–Trinajstić information content (AvgIpc) is 2.89. The molecule has 0 bridgehead atoms. The van der Waals surface area contributed by atoms with Crippen molar-refractivity contribution in [3.05, 3.63) is 76.2 Å². The van der Waals surface area contributed by atoms with E-state index in [0.717, 1.165) is 28.5 Å². The molecule has 1 amide bonds. The maximum Gasteiger partial charge on any atom is 0.327 e. The van der Waals surface area contributed by atoms with Crippen molar-refractivity contribution in [2.75, 3.05) is 0 Å². The van der Waals surface area contributed by atoms with E-state index in [0.29, 0.717) is 4.91 Å². The van der Waals surface area contributed by atoms with Crippen molar-refractivity contribution in [2.45, 2.75) is 19.4 Å². The number of thioether (sulfide) groups is 1. The second-order valence-corrected chi connectivity index (χ2v) is 7.63. The van der Waals surface area contributed by atoms with Crippen LogP contribution in [0.5, 0.6) is 0 Å². The van der Waals surface area contributed by atoms with Crippen molar-refractivity contribution >= 4 is 46.3 Å². The summed E-state index contributed by atoms with van der Waals surface area (Å²) in [4.78, 5) is 26.3. The van der Waals surface area contributed by atoms with Gasteiger partial charge in [0.25, 0.3) is 5.91 Å². The fourth-order valence-electron chi connectivity index (χ4n) is 2.76. The summed E-state index contributed by atoms with van der Waals surface area (Å²) in [6.45, 7) is 1.96. The predicted molar refractivity (Wildman–Crippen MR) is 108 cm³/mol. The zero-order chi connectivity index (χ0) is 18.7. The summed E-state index contributed by atoms with van der Waals surface area (Å²) in [7, 11) is 0. The highest BCUT2D eigenvalue weighted by Gasteiger charge is 2.40. The van der Waals surface area contributed by atoms with Crippen LogP contribution in [0, 0.1) is 6.92 Å². The number of carboxylic acid groups (broad SMARTS) is 1. The number of nitrogens with zero attached hydrogens (tertiary/aromatic N) is 1. The highest BCUT2D eigenvalue weighted by molar-refractivity contribution is 8.26. The molecule has 0 spiro atoms. The number of carbonyl (C=O) groups excluding carboxylic acids is 1. The van der Waals surface area contributed by atoms with Gasteiger partial charge in [0.2, 0.25) is 0 Å². The van der Waals surface area contributed by atoms with E-state index in [4.69, 9.17) is 12.2 Å². The van der Waals surface area contributed by atoms with Crippen LogP contribution in [0.2, 0.25) is 0 Å².